The third-order valence-corrected chi connectivity index (χ3v) is 2.67. The number of carbonyl (C=O) groups is 2. The maximum absolute atomic E-state index is 12.1. The minimum absolute atomic E-state index is 0.0552. The van der Waals surface area contributed by atoms with Gasteiger partial charge in [-0.1, -0.05) is 13.3 Å². The second kappa shape index (κ2) is 9.70. The Morgan fingerprint density at radius 3 is 2.17 bits per heavy atom. The summed E-state index contributed by atoms with van der Waals surface area (Å²) in [7, 11) is 0. The van der Waals surface area contributed by atoms with Crippen LogP contribution in [-0.4, -0.2) is 64.8 Å². The zero-order chi connectivity index (χ0) is 14.0. The summed E-state index contributed by atoms with van der Waals surface area (Å²) < 4.78 is 0. The van der Waals surface area contributed by atoms with Crippen molar-refractivity contribution in [3.8, 4) is 0 Å². The van der Waals surface area contributed by atoms with Gasteiger partial charge in [0.05, 0.1) is 13.0 Å². The molecule has 6 heteroatoms. The van der Waals surface area contributed by atoms with Gasteiger partial charge in [-0.2, -0.15) is 0 Å². The zero-order valence-corrected chi connectivity index (χ0v) is 11.3. The van der Waals surface area contributed by atoms with E-state index in [9.17, 15) is 9.59 Å². The molecule has 6 nitrogen and oxygen atoms in total. The van der Waals surface area contributed by atoms with E-state index in [2.05, 4.69) is 0 Å². The molecule has 106 valence electrons. The first-order chi connectivity index (χ1) is 8.56. The Labute approximate surface area is 108 Å². The average molecular weight is 260 g/mol. The third kappa shape index (κ3) is 6.44. The van der Waals surface area contributed by atoms with Crippen molar-refractivity contribution in [2.45, 2.75) is 33.1 Å². The Hall–Kier alpha value is -1.30. The van der Waals surface area contributed by atoms with E-state index in [-0.39, 0.29) is 25.6 Å². The van der Waals surface area contributed by atoms with Crippen LogP contribution in [0.25, 0.3) is 0 Å². The van der Waals surface area contributed by atoms with Gasteiger partial charge in [0, 0.05) is 26.2 Å². The average Bonchev–Trinajstić information content (AvgIpc) is 2.34. The van der Waals surface area contributed by atoms with Crippen LogP contribution >= 0.6 is 0 Å². The smallest absolute Gasteiger partial charge is 0.320 e. The van der Waals surface area contributed by atoms with Gasteiger partial charge in [-0.25, -0.2) is 4.79 Å². The van der Waals surface area contributed by atoms with Gasteiger partial charge in [-0.15, -0.1) is 0 Å². The van der Waals surface area contributed by atoms with Gasteiger partial charge < -0.3 is 20.0 Å². The summed E-state index contributed by atoms with van der Waals surface area (Å²) in [4.78, 5) is 25.7. The fraction of sp³-hybridized carbons (Fsp3) is 0.833. The van der Waals surface area contributed by atoms with Crippen molar-refractivity contribution in [1.82, 2.24) is 9.80 Å². The Bertz CT molecular complexity index is 258. The number of aliphatic carboxylic acids is 1. The normalized spacial score (nSPS) is 10.2. The van der Waals surface area contributed by atoms with Gasteiger partial charge in [0.15, 0.2) is 0 Å². The van der Waals surface area contributed by atoms with Crippen molar-refractivity contribution in [3.63, 3.8) is 0 Å². The summed E-state index contributed by atoms with van der Waals surface area (Å²) in [5, 5.41) is 17.6. The SMILES string of the molecule is CCCCN(CCO)C(=O)N(CC)CCC(=O)O. The second-order valence-electron chi connectivity index (χ2n) is 4.07. The van der Waals surface area contributed by atoms with E-state index < -0.39 is 5.97 Å². The Kier molecular flexibility index (Phi) is 9.00. The van der Waals surface area contributed by atoms with Gasteiger partial charge >= 0.3 is 12.0 Å². The molecule has 0 aromatic heterocycles. The molecule has 0 atom stereocenters. The molecule has 0 unspecified atom stereocenters. The lowest BCUT2D eigenvalue weighted by molar-refractivity contribution is -0.137. The van der Waals surface area contributed by atoms with Gasteiger partial charge in [-0.05, 0) is 13.3 Å². The van der Waals surface area contributed by atoms with Crippen LogP contribution in [-0.2, 0) is 4.79 Å². The summed E-state index contributed by atoms with van der Waals surface area (Å²) in [5.74, 6) is -0.913. The minimum atomic E-state index is -0.913. The first-order valence-corrected chi connectivity index (χ1v) is 6.43. The predicted octanol–water partition coefficient (Wildman–Crippen LogP) is 0.997. The Morgan fingerprint density at radius 1 is 1.06 bits per heavy atom. The molecule has 2 amide bonds. The molecule has 2 N–H and O–H groups in total. The molecule has 0 saturated carbocycles. The van der Waals surface area contributed by atoms with E-state index in [0.29, 0.717) is 19.6 Å². The molecule has 0 aliphatic carbocycles. The Balaban J connectivity index is 4.42. The van der Waals surface area contributed by atoms with E-state index in [1.165, 1.54) is 4.90 Å². The third-order valence-electron chi connectivity index (χ3n) is 2.67. The molecule has 0 aliphatic rings. The highest BCUT2D eigenvalue weighted by molar-refractivity contribution is 5.75. The molecule has 18 heavy (non-hydrogen) atoms. The number of amides is 2. The summed E-state index contributed by atoms with van der Waals surface area (Å²) in [6.07, 6.45) is 1.79. The minimum Gasteiger partial charge on any atom is -0.481 e. The van der Waals surface area contributed by atoms with Crippen LogP contribution in [0.3, 0.4) is 0 Å². The number of hydrogen-bond acceptors (Lipinski definition) is 3. The molecular weight excluding hydrogens is 236 g/mol. The molecule has 0 aromatic rings. The van der Waals surface area contributed by atoms with Crippen LogP contribution in [0.15, 0.2) is 0 Å². The van der Waals surface area contributed by atoms with Crippen LogP contribution in [0.5, 0.6) is 0 Å². The monoisotopic (exact) mass is 260 g/mol. The van der Waals surface area contributed by atoms with Crippen molar-refractivity contribution in [2.24, 2.45) is 0 Å². The quantitative estimate of drug-likeness (QED) is 0.648. The summed E-state index contributed by atoms with van der Waals surface area (Å²) in [6, 6.07) is -0.193. The van der Waals surface area contributed by atoms with E-state index in [1.807, 2.05) is 13.8 Å². The molecule has 0 rings (SSSR count). The molecule has 0 heterocycles. The van der Waals surface area contributed by atoms with E-state index in [1.54, 1.807) is 4.90 Å². The number of carboxylic acids is 1. The van der Waals surface area contributed by atoms with Crippen LogP contribution in [0.4, 0.5) is 4.79 Å². The molecule has 0 fully saturated rings. The highest BCUT2D eigenvalue weighted by Crippen LogP contribution is 2.03. The number of rotatable bonds is 9. The zero-order valence-electron chi connectivity index (χ0n) is 11.3. The molecule has 0 bridgehead atoms. The van der Waals surface area contributed by atoms with Crippen LogP contribution < -0.4 is 0 Å². The largest absolute Gasteiger partial charge is 0.481 e. The molecule has 0 spiro atoms. The first-order valence-electron chi connectivity index (χ1n) is 6.43. The highest BCUT2D eigenvalue weighted by atomic mass is 16.4. The lowest BCUT2D eigenvalue weighted by atomic mass is 10.3. The molecular formula is C12H24N2O4. The van der Waals surface area contributed by atoms with Gasteiger partial charge in [0.1, 0.15) is 0 Å². The predicted molar refractivity (Wildman–Crippen MR) is 68.5 cm³/mol. The van der Waals surface area contributed by atoms with Crippen LogP contribution in [0.1, 0.15) is 33.1 Å². The van der Waals surface area contributed by atoms with Crippen molar-refractivity contribution >= 4 is 12.0 Å². The fourth-order valence-electron chi connectivity index (χ4n) is 1.59. The van der Waals surface area contributed by atoms with Crippen molar-refractivity contribution < 1.29 is 19.8 Å². The number of carboxylic acid groups (broad SMARTS) is 1. The number of urea groups is 1. The highest BCUT2D eigenvalue weighted by Gasteiger charge is 2.19. The number of unbranched alkanes of at least 4 members (excludes halogenated alkanes) is 1. The summed E-state index contributed by atoms with van der Waals surface area (Å²) in [5.41, 5.74) is 0. The number of carbonyl (C=O) groups excluding carboxylic acids is 1. The lowest BCUT2D eigenvalue weighted by Gasteiger charge is -2.29. The molecule has 0 aliphatic heterocycles. The van der Waals surface area contributed by atoms with E-state index in [4.69, 9.17) is 10.2 Å². The van der Waals surface area contributed by atoms with E-state index in [0.717, 1.165) is 12.8 Å². The number of nitrogens with zero attached hydrogens (tertiary/aromatic N) is 2. The fourth-order valence-corrected chi connectivity index (χ4v) is 1.59. The maximum Gasteiger partial charge on any atom is 0.320 e. The standard InChI is InChI=1S/C12H24N2O4/c1-3-5-7-14(9-10-15)12(18)13(4-2)8-6-11(16)17/h15H,3-10H2,1-2H3,(H,16,17). The number of aliphatic hydroxyl groups is 1. The lowest BCUT2D eigenvalue weighted by Crippen LogP contribution is -2.45. The molecule has 0 radical (unpaired) electrons. The van der Waals surface area contributed by atoms with Gasteiger partial charge in [0.25, 0.3) is 0 Å². The van der Waals surface area contributed by atoms with Crippen molar-refractivity contribution in [2.75, 3.05) is 32.8 Å². The van der Waals surface area contributed by atoms with Crippen molar-refractivity contribution in [1.29, 1.82) is 0 Å². The maximum atomic E-state index is 12.1. The van der Waals surface area contributed by atoms with Gasteiger partial charge in [0.2, 0.25) is 0 Å². The first kappa shape index (κ1) is 16.7. The van der Waals surface area contributed by atoms with Crippen molar-refractivity contribution in [3.05, 3.63) is 0 Å². The number of aliphatic hydroxyl groups excluding tert-OH is 1. The van der Waals surface area contributed by atoms with E-state index >= 15 is 0 Å². The summed E-state index contributed by atoms with van der Waals surface area (Å²) in [6.45, 7) is 5.34. The van der Waals surface area contributed by atoms with Crippen LogP contribution in [0, 0.1) is 0 Å². The summed E-state index contributed by atoms with van der Waals surface area (Å²) >= 11 is 0. The topological polar surface area (TPSA) is 81.1 Å². The Morgan fingerprint density at radius 2 is 1.72 bits per heavy atom. The van der Waals surface area contributed by atoms with Gasteiger partial charge in [-0.3, -0.25) is 4.79 Å². The molecule has 0 aromatic carbocycles. The number of hydrogen-bond donors (Lipinski definition) is 2. The molecule has 0 saturated heterocycles. The van der Waals surface area contributed by atoms with Crippen LogP contribution in [0.2, 0.25) is 0 Å². The second-order valence-corrected chi connectivity index (χ2v) is 4.07.